The van der Waals surface area contributed by atoms with E-state index in [1.165, 1.54) is 43.2 Å². The van der Waals surface area contributed by atoms with Gasteiger partial charge in [-0.05, 0) is 97.8 Å². The van der Waals surface area contributed by atoms with Crippen LogP contribution in [0.25, 0.3) is 0 Å². The molecule has 0 saturated heterocycles. The van der Waals surface area contributed by atoms with Crippen molar-refractivity contribution in [2.75, 3.05) is 6.61 Å². The van der Waals surface area contributed by atoms with Crippen LogP contribution in [-0.4, -0.2) is 21.1 Å². The second kappa shape index (κ2) is 7.86. The van der Waals surface area contributed by atoms with Gasteiger partial charge in [0.1, 0.15) is 5.75 Å². The quantitative estimate of drug-likeness (QED) is 0.760. The van der Waals surface area contributed by atoms with E-state index in [2.05, 4.69) is 19.9 Å². The summed E-state index contributed by atoms with van der Waals surface area (Å²) in [4.78, 5) is 0. The van der Waals surface area contributed by atoms with Crippen molar-refractivity contribution in [3.63, 3.8) is 0 Å². The van der Waals surface area contributed by atoms with Gasteiger partial charge in [0.15, 0.2) is 0 Å². The van der Waals surface area contributed by atoms with Gasteiger partial charge in [-0.1, -0.05) is 26.3 Å². The summed E-state index contributed by atoms with van der Waals surface area (Å²) in [6.45, 7) is 7.42. The van der Waals surface area contributed by atoms with E-state index >= 15 is 0 Å². The largest absolute Gasteiger partial charge is 0.380 e. The average Bonchev–Trinajstić information content (AvgIpc) is 2.66. The number of benzene rings is 1. The molecule has 2 fully saturated rings. The molecule has 2 saturated carbocycles. The first kappa shape index (κ1) is 21.1. The second-order valence-electron chi connectivity index (χ2n) is 9.42. The van der Waals surface area contributed by atoms with Gasteiger partial charge in [-0.3, -0.25) is 0 Å². The summed E-state index contributed by atoms with van der Waals surface area (Å²) in [7, 11) is -4.01. The van der Waals surface area contributed by atoms with Crippen molar-refractivity contribution in [2.45, 2.75) is 84.2 Å². The minimum absolute atomic E-state index is 0.289. The predicted molar refractivity (Wildman–Crippen MR) is 114 cm³/mol. The maximum atomic E-state index is 11.5. The fraction of sp³-hybridized carbons (Fsp3) is 0.739. The summed E-state index contributed by atoms with van der Waals surface area (Å²) in [5.41, 5.74) is 3.88. The molecule has 1 aromatic rings. The molecule has 0 radical (unpaired) electrons. The monoisotopic (exact) mass is 421 g/mol. The zero-order chi connectivity index (χ0) is 20.8. The minimum atomic E-state index is -4.01. The molecule has 6 heteroatoms. The van der Waals surface area contributed by atoms with E-state index in [1.807, 2.05) is 13.0 Å². The molecule has 3 aliphatic rings. The smallest absolute Gasteiger partial charge is 0.378 e. The first-order valence-corrected chi connectivity index (χ1v) is 12.7. The fourth-order valence-electron chi connectivity index (χ4n) is 6.74. The molecule has 0 bridgehead atoms. The van der Waals surface area contributed by atoms with Crippen LogP contribution in [-0.2, 0) is 27.9 Å². The van der Waals surface area contributed by atoms with Crippen LogP contribution in [0.15, 0.2) is 12.1 Å². The Morgan fingerprint density at radius 1 is 1.17 bits per heavy atom. The van der Waals surface area contributed by atoms with E-state index < -0.39 is 10.3 Å². The fourth-order valence-corrected chi connectivity index (χ4v) is 7.15. The first-order chi connectivity index (χ1) is 13.8. The zero-order valence-electron chi connectivity index (χ0n) is 17.9. The normalized spacial score (nSPS) is 34.1. The first-order valence-electron chi connectivity index (χ1n) is 11.3. The van der Waals surface area contributed by atoms with Crippen LogP contribution in [0.2, 0.25) is 0 Å². The summed E-state index contributed by atoms with van der Waals surface area (Å²) < 4.78 is 34.3. The van der Waals surface area contributed by atoms with Crippen molar-refractivity contribution >= 4 is 10.3 Å². The lowest BCUT2D eigenvalue weighted by molar-refractivity contribution is -0.126. The number of nitrogens with two attached hydrogens (primary N) is 1. The maximum absolute atomic E-state index is 11.5. The van der Waals surface area contributed by atoms with E-state index in [0.717, 1.165) is 31.4 Å². The molecular weight excluding hydrogens is 386 g/mol. The minimum Gasteiger partial charge on any atom is -0.378 e. The molecule has 5 nitrogen and oxygen atoms in total. The van der Waals surface area contributed by atoms with Crippen molar-refractivity contribution in [1.82, 2.24) is 0 Å². The van der Waals surface area contributed by atoms with Crippen LogP contribution in [0.5, 0.6) is 5.75 Å². The molecule has 162 valence electrons. The molecule has 29 heavy (non-hydrogen) atoms. The Bertz CT molecular complexity index is 866. The van der Waals surface area contributed by atoms with Crippen LogP contribution in [0, 0.1) is 17.3 Å². The molecule has 1 aromatic carbocycles. The Kier molecular flexibility index (Phi) is 5.73. The number of aryl methyl sites for hydroxylation is 2. The van der Waals surface area contributed by atoms with Gasteiger partial charge in [0.25, 0.3) is 0 Å². The summed E-state index contributed by atoms with van der Waals surface area (Å²) in [5, 5.41) is 5.14. The van der Waals surface area contributed by atoms with Crippen molar-refractivity contribution < 1.29 is 17.3 Å². The van der Waals surface area contributed by atoms with Crippen molar-refractivity contribution in [1.29, 1.82) is 0 Å². The van der Waals surface area contributed by atoms with Crippen LogP contribution < -0.4 is 9.32 Å². The molecule has 3 aliphatic carbocycles. The van der Waals surface area contributed by atoms with E-state index in [0.29, 0.717) is 29.6 Å². The molecule has 4 rings (SSSR count). The van der Waals surface area contributed by atoms with Gasteiger partial charge in [0.2, 0.25) is 0 Å². The molecule has 5 atom stereocenters. The topological polar surface area (TPSA) is 78.6 Å². The highest BCUT2D eigenvalue weighted by Gasteiger charge is 2.53. The predicted octanol–water partition coefficient (Wildman–Crippen LogP) is 4.48. The van der Waals surface area contributed by atoms with Gasteiger partial charge >= 0.3 is 10.3 Å². The van der Waals surface area contributed by atoms with Crippen LogP contribution in [0.4, 0.5) is 0 Å². The highest BCUT2D eigenvalue weighted by molar-refractivity contribution is 7.84. The third kappa shape index (κ3) is 3.84. The van der Waals surface area contributed by atoms with Crippen molar-refractivity contribution in [3.8, 4) is 5.75 Å². The average molecular weight is 422 g/mol. The zero-order valence-corrected chi connectivity index (χ0v) is 18.8. The van der Waals surface area contributed by atoms with Gasteiger partial charge in [0.05, 0.1) is 6.10 Å². The van der Waals surface area contributed by atoms with Gasteiger partial charge in [0, 0.05) is 6.61 Å². The van der Waals surface area contributed by atoms with Crippen LogP contribution in [0.1, 0.15) is 81.9 Å². The van der Waals surface area contributed by atoms with Crippen LogP contribution in [0.3, 0.4) is 0 Å². The molecule has 2 N–H and O–H groups in total. The number of hydrogen-bond donors (Lipinski definition) is 1. The summed E-state index contributed by atoms with van der Waals surface area (Å²) >= 11 is 0. The van der Waals surface area contributed by atoms with Crippen molar-refractivity contribution in [3.05, 3.63) is 28.8 Å². The van der Waals surface area contributed by atoms with Crippen LogP contribution >= 0.6 is 0 Å². The standard InChI is InChI=1S/C23H35NO4S/c1-4-15-13-19-16(14-21(15)28-29(24,25)26)9-10-18-17(19)11-12-23(3)20(18)7-6-8-22(23)27-5-2/h13-14,17-18,20,22H,4-12H2,1-3H3,(H2,24,25,26)/t17-,18+,20-,22?,23-/m0/s1. The molecule has 1 unspecified atom stereocenters. The Hall–Kier alpha value is -1.11. The Balaban J connectivity index is 1.67. The van der Waals surface area contributed by atoms with E-state index in [4.69, 9.17) is 14.1 Å². The number of hydrogen-bond acceptors (Lipinski definition) is 4. The Morgan fingerprint density at radius 3 is 2.66 bits per heavy atom. The maximum Gasteiger partial charge on any atom is 0.380 e. The molecular formula is C23H35NO4S. The Labute approximate surface area is 175 Å². The molecule has 0 aliphatic heterocycles. The van der Waals surface area contributed by atoms with Gasteiger partial charge < -0.3 is 8.92 Å². The lowest BCUT2D eigenvalue weighted by atomic mass is 9.50. The lowest BCUT2D eigenvalue weighted by Gasteiger charge is -2.57. The summed E-state index contributed by atoms with van der Waals surface area (Å²) in [6.07, 6.45) is 9.43. The van der Waals surface area contributed by atoms with Gasteiger partial charge in [-0.25, -0.2) is 0 Å². The highest BCUT2D eigenvalue weighted by Crippen LogP contribution is 2.60. The van der Waals surface area contributed by atoms with E-state index in [1.54, 1.807) is 0 Å². The lowest BCUT2D eigenvalue weighted by Crippen LogP contribution is -2.51. The SMILES string of the molecule is CCOC1CCC[C@H]2[C@@H]3CCc4cc(OS(N)(=O)=O)c(CC)cc4[C@H]3CC[C@]12C. The van der Waals surface area contributed by atoms with Gasteiger partial charge in [-0.15, -0.1) is 0 Å². The molecule has 0 amide bonds. The van der Waals surface area contributed by atoms with Crippen molar-refractivity contribution in [2.24, 2.45) is 22.4 Å². The van der Waals surface area contributed by atoms with E-state index in [-0.39, 0.29) is 5.41 Å². The third-order valence-electron chi connectivity index (χ3n) is 8.02. The summed E-state index contributed by atoms with van der Waals surface area (Å²) in [5.74, 6) is 2.37. The highest BCUT2D eigenvalue weighted by atomic mass is 32.2. The summed E-state index contributed by atoms with van der Waals surface area (Å²) in [6, 6.07) is 4.14. The second-order valence-corrected chi connectivity index (χ2v) is 10.6. The third-order valence-corrected chi connectivity index (χ3v) is 8.43. The van der Waals surface area contributed by atoms with E-state index in [9.17, 15) is 8.42 Å². The number of ether oxygens (including phenoxy) is 1. The number of rotatable bonds is 5. The molecule has 0 aromatic heterocycles. The number of fused-ring (bicyclic) bond motifs is 5. The van der Waals surface area contributed by atoms with Gasteiger partial charge in [-0.2, -0.15) is 13.6 Å². The molecule has 0 spiro atoms. The Morgan fingerprint density at radius 2 is 1.97 bits per heavy atom. The molecule has 0 heterocycles.